The number of carboxylic acids is 1. The average Bonchev–Trinajstić information content (AvgIpc) is 2.27. The van der Waals surface area contributed by atoms with Crippen molar-refractivity contribution in [1.29, 1.82) is 0 Å². The molecule has 2 amide bonds. The van der Waals surface area contributed by atoms with Gasteiger partial charge in [0.15, 0.2) is 0 Å². The van der Waals surface area contributed by atoms with E-state index >= 15 is 0 Å². The molecule has 0 aliphatic rings. The van der Waals surface area contributed by atoms with Crippen molar-refractivity contribution in [2.45, 2.75) is 26.4 Å². The van der Waals surface area contributed by atoms with Gasteiger partial charge in [-0.3, -0.25) is 4.79 Å². The van der Waals surface area contributed by atoms with Crippen molar-refractivity contribution in [2.24, 2.45) is 0 Å². The van der Waals surface area contributed by atoms with Crippen molar-refractivity contribution < 1.29 is 19.1 Å². The van der Waals surface area contributed by atoms with E-state index in [9.17, 15) is 14.0 Å². The number of benzene rings is 1. The lowest BCUT2D eigenvalue weighted by atomic mass is 10.1. The second-order valence-electron chi connectivity index (χ2n) is 3.96. The van der Waals surface area contributed by atoms with Crippen LogP contribution in [0.5, 0.6) is 0 Å². The van der Waals surface area contributed by atoms with Gasteiger partial charge in [0.25, 0.3) is 0 Å². The van der Waals surface area contributed by atoms with Gasteiger partial charge in [0.2, 0.25) is 0 Å². The predicted octanol–water partition coefficient (Wildman–Crippen LogP) is 1.41. The van der Waals surface area contributed by atoms with Crippen LogP contribution in [-0.4, -0.2) is 23.1 Å². The van der Waals surface area contributed by atoms with Crippen molar-refractivity contribution in [3.05, 3.63) is 35.1 Å². The smallest absolute Gasteiger partial charge is 0.325 e. The molecule has 98 valence electrons. The molecule has 1 unspecified atom stereocenters. The van der Waals surface area contributed by atoms with E-state index in [0.29, 0.717) is 0 Å². The van der Waals surface area contributed by atoms with E-state index in [0.717, 1.165) is 11.1 Å². The quantitative estimate of drug-likeness (QED) is 0.760. The Balaban J connectivity index is 2.50. The van der Waals surface area contributed by atoms with Gasteiger partial charge >= 0.3 is 12.0 Å². The molecule has 1 aromatic rings. The predicted molar refractivity (Wildman–Crippen MR) is 63.6 cm³/mol. The Morgan fingerprint density at radius 1 is 1.44 bits per heavy atom. The van der Waals surface area contributed by atoms with Gasteiger partial charge in [0.1, 0.15) is 11.9 Å². The zero-order chi connectivity index (χ0) is 13.7. The SMILES string of the molecule is Cc1cc(F)ccc1CNC(=O)NC(C)C(=O)O. The highest BCUT2D eigenvalue weighted by molar-refractivity contribution is 5.82. The van der Waals surface area contributed by atoms with Crippen LogP contribution in [0, 0.1) is 12.7 Å². The summed E-state index contributed by atoms with van der Waals surface area (Å²) in [6.07, 6.45) is 0. The third kappa shape index (κ3) is 4.04. The number of carbonyl (C=O) groups is 2. The number of rotatable bonds is 4. The lowest BCUT2D eigenvalue weighted by Gasteiger charge is -2.11. The van der Waals surface area contributed by atoms with Gasteiger partial charge in [0.05, 0.1) is 0 Å². The number of carboxylic acid groups (broad SMARTS) is 1. The maximum atomic E-state index is 12.8. The number of hydrogen-bond donors (Lipinski definition) is 3. The largest absolute Gasteiger partial charge is 0.480 e. The Morgan fingerprint density at radius 3 is 2.67 bits per heavy atom. The molecule has 6 heteroatoms. The van der Waals surface area contributed by atoms with Crippen LogP contribution in [0.2, 0.25) is 0 Å². The molecule has 0 saturated carbocycles. The van der Waals surface area contributed by atoms with E-state index in [4.69, 9.17) is 5.11 Å². The molecule has 0 fully saturated rings. The molecule has 0 aliphatic carbocycles. The van der Waals surface area contributed by atoms with Gasteiger partial charge in [-0.25, -0.2) is 9.18 Å². The van der Waals surface area contributed by atoms with E-state index in [-0.39, 0.29) is 12.4 Å². The average molecular weight is 254 g/mol. The lowest BCUT2D eigenvalue weighted by Crippen LogP contribution is -2.44. The van der Waals surface area contributed by atoms with E-state index in [1.165, 1.54) is 19.1 Å². The third-order valence-electron chi connectivity index (χ3n) is 2.46. The summed E-state index contributed by atoms with van der Waals surface area (Å²) < 4.78 is 12.8. The van der Waals surface area contributed by atoms with Gasteiger partial charge in [-0.1, -0.05) is 6.07 Å². The summed E-state index contributed by atoms with van der Waals surface area (Å²) in [7, 11) is 0. The lowest BCUT2D eigenvalue weighted by molar-refractivity contribution is -0.138. The topological polar surface area (TPSA) is 78.4 Å². The number of halogens is 1. The zero-order valence-electron chi connectivity index (χ0n) is 10.2. The molecule has 0 heterocycles. The Hall–Kier alpha value is -2.11. The molecule has 1 rings (SSSR count). The van der Waals surface area contributed by atoms with E-state index < -0.39 is 18.0 Å². The minimum Gasteiger partial charge on any atom is -0.480 e. The minimum atomic E-state index is -1.11. The first kappa shape index (κ1) is 14.0. The Bertz CT molecular complexity index is 463. The highest BCUT2D eigenvalue weighted by Crippen LogP contribution is 2.09. The highest BCUT2D eigenvalue weighted by Gasteiger charge is 2.13. The molecule has 0 aromatic heterocycles. The normalized spacial score (nSPS) is 11.7. The fraction of sp³-hybridized carbons (Fsp3) is 0.333. The number of amides is 2. The summed E-state index contributed by atoms with van der Waals surface area (Å²) in [4.78, 5) is 21.9. The molecule has 0 aliphatic heterocycles. The van der Waals surface area contributed by atoms with Crippen LogP contribution in [0.25, 0.3) is 0 Å². The van der Waals surface area contributed by atoms with Crippen LogP contribution in [0.1, 0.15) is 18.1 Å². The maximum absolute atomic E-state index is 12.8. The number of nitrogens with one attached hydrogen (secondary N) is 2. The first-order valence-corrected chi connectivity index (χ1v) is 5.42. The molecule has 18 heavy (non-hydrogen) atoms. The fourth-order valence-corrected chi connectivity index (χ4v) is 1.34. The van der Waals surface area contributed by atoms with Gasteiger partial charge in [-0.15, -0.1) is 0 Å². The molecule has 1 atom stereocenters. The second-order valence-corrected chi connectivity index (χ2v) is 3.96. The number of aliphatic carboxylic acids is 1. The number of carbonyl (C=O) groups excluding carboxylic acids is 1. The summed E-state index contributed by atoms with van der Waals surface area (Å²) in [5.41, 5.74) is 1.50. The molecule has 0 saturated heterocycles. The van der Waals surface area contributed by atoms with Crippen LogP contribution in [-0.2, 0) is 11.3 Å². The molecular formula is C12H15FN2O3. The van der Waals surface area contributed by atoms with E-state index in [1.54, 1.807) is 13.0 Å². The van der Waals surface area contributed by atoms with Gasteiger partial charge in [0, 0.05) is 6.54 Å². The van der Waals surface area contributed by atoms with Crippen LogP contribution in [0.15, 0.2) is 18.2 Å². The summed E-state index contributed by atoms with van der Waals surface area (Å²) >= 11 is 0. The fourth-order valence-electron chi connectivity index (χ4n) is 1.34. The van der Waals surface area contributed by atoms with Crippen molar-refractivity contribution in [3.63, 3.8) is 0 Å². The van der Waals surface area contributed by atoms with Crippen LogP contribution in [0.4, 0.5) is 9.18 Å². The number of urea groups is 1. The van der Waals surface area contributed by atoms with Gasteiger partial charge in [-0.05, 0) is 37.1 Å². The first-order valence-electron chi connectivity index (χ1n) is 5.42. The number of aryl methyl sites for hydroxylation is 1. The number of hydrogen-bond acceptors (Lipinski definition) is 2. The van der Waals surface area contributed by atoms with Crippen molar-refractivity contribution >= 4 is 12.0 Å². The van der Waals surface area contributed by atoms with Gasteiger partial charge < -0.3 is 15.7 Å². The summed E-state index contributed by atoms with van der Waals surface area (Å²) in [5, 5.41) is 13.4. The van der Waals surface area contributed by atoms with E-state index in [1.807, 2.05) is 0 Å². The monoisotopic (exact) mass is 254 g/mol. The second kappa shape index (κ2) is 6.00. The van der Waals surface area contributed by atoms with E-state index in [2.05, 4.69) is 10.6 Å². The molecule has 0 radical (unpaired) electrons. The Labute approximate surface area is 104 Å². The van der Waals surface area contributed by atoms with Gasteiger partial charge in [-0.2, -0.15) is 0 Å². The molecule has 1 aromatic carbocycles. The zero-order valence-corrected chi connectivity index (χ0v) is 10.2. The Morgan fingerprint density at radius 2 is 2.11 bits per heavy atom. The standard InChI is InChI=1S/C12H15FN2O3/c1-7-5-10(13)4-3-9(7)6-14-12(18)15-8(2)11(16)17/h3-5,8H,6H2,1-2H3,(H,16,17)(H2,14,15,18). The minimum absolute atomic E-state index is 0.213. The maximum Gasteiger partial charge on any atom is 0.325 e. The van der Waals surface area contributed by atoms with Crippen LogP contribution in [0.3, 0.4) is 0 Å². The van der Waals surface area contributed by atoms with Crippen molar-refractivity contribution in [1.82, 2.24) is 10.6 Å². The molecular weight excluding hydrogens is 239 g/mol. The molecule has 0 bridgehead atoms. The summed E-state index contributed by atoms with van der Waals surface area (Å²) in [6.45, 7) is 3.31. The summed E-state index contributed by atoms with van der Waals surface area (Å²) in [5.74, 6) is -1.44. The Kier molecular flexibility index (Phi) is 4.65. The highest BCUT2D eigenvalue weighted by atomic mass is 19.1. The van der Waals surface area contributed by atoms with Crippen LogP contribution >= 0.6 is 0 Å². The third-order valence-corrected chi connectivity index (χ3v) is 2.46. The molecule has 3 N–H and O–H groups in total. The van der Waals surface area contributed by atoms with Crippen molar-refractivity contribution in [2.75, 3.05) is 0 Å². The van der Waals surface area contributed by atoms with Crippen LogP contribution < -0.4 is 10.6 Å². The first-order chi connectivity index (χ1) is 8.40. The molecule has 0 spiro atoms. The molecule has 5 nitrogen and oxygen atoms in total. The summed E-state index contributed by atoms with van der Waals surface area (Å²) in [6, 6.07) is 2.72. The van der Waals surface area contributed by atoms with Crippen molar-refractivity contribution in [3.8, 4) is 0 Å².